The fourth-order valence-corrected chi connectivity index (χ4v) is 5.41. The van der Waals surface area contributed by atoms with Gasteiger partial charge in [0, 0.05) is 23.5 Å². The van der Waals surface area contributed by atoms with Gasteiger partial charge < -0.3 is 30.5 Å². The van der Waals surface area contributed by atoms with E-state index in [0.717, 1.165) is 11.3 Å². The predicted molar refractivity (Wildman–Crippen MR) is 141 cm³/mol. The molecule has 2 atom stereocenters. The van der Waals surface area contributed by atoms with Gasteiger partial charge in [-0.3, -0.25) is 14.5 Å². The maximum atomic E-state index is 13.2. The van der Waals surface area contributed by atoms with Gasteiger partial charge in [0.2, 0.25) is 6.61 Å². The van der Waals surface area contributed by atoms with E-state index in [4.69, 9.17) is 15.3 Å². The molecule has 1 saturated heterocycles. The Morgan fingerprint density at radius 1 is 1.25 bits per heavy atom. The molecule has 0 radical (unpaired) electrons. The Hall–Kier alpha value is -4.46. The molecule has 0 aliphatic carbocycles. The Morgan fingerprint density at radius 2 is 2.02 bits per heavy atom. The summed E-state index contributed by atoms with van der Waals surface area (Å²) in [5.41, 5.74) is 5.80. The van der Waals surface area contributed by atoms with E-state index < -0.39 is 41.8 Å². The first-order chi connectivity index (χ1) is 19.3. The number of anilines is 1. The molecule has 2 aliphatic rings. The molecule has 0 spiro atoms. The van der Waals surface area contributed by atoms with E-state index in [1.807, 2.05) is 25.1 Å². The molecule has 1 unspecified atom stereocenters. The Balaban J connectivity index is 1.49. The molecule has 2 aliphatic heterocycles. The van der Waals surface area contributed by atoms with Crippen LogP contribution in [-0.4, -0.2) is 69.7 Å². The normalized spacial score (nSPS) is 18.5. The number of nitrogens with one attached hydrogen (secondary N) is 1. The highest BCUT2D eigenvalue weighted by molar-refractivity contribution is 8.00. The van der Waals surface area contributed by atoms with Gasteiger partial charge in [-0.2, -0.15) is 0 Å². The molecule has 3 N–H and O–H groups in total. The molecule has 2 aromatic rings. The minimum absolute atomic E-state index is 0.0502. The van der Waals surface area contributed by atoms with E-state index in [2.05, 4.69) is 15.5 Å². The van der Waals surface area contributed by atoms with E-state index in [1.54, 1.807) is 23.0 Å². The minimum atomic E-state index is -1.47. The highest BCUT2D eigenvalue weighted by Crippen LogP contribution is 2.40. The second-order valence-corrected chi connectivity index (χ2v) is 9.99. The van der Waals surface area contributed by atoms with Crippen molar-refractivity contribution in [3.05, 3.63) is 65.8 Å². The number of fused-ring (bicyclic) bond motifs is 1. The van der Waals surface area contributed by atoms with Gasteiger partial charge >= 0.3 is 5.97 Å². The van der Waals surface area contributed by atoms with E-state index in [0.29, 0.717) is 17.7 Å². The number of ether oxygens (including phenoxy) is 1. The van der Waals surface area contributed by atoms with E-state index in [9.17, 15) is 24.3 Å². The van der Waals surface area contributed by atoms with Crippen LogP contribution in [0.3, 0.4) is 0 Å². The third kappa shape index (κ3) is 6.57. The summed E-state index contributed by atoms with van der Waals surface area (Å²) in [7, 11) is 0. The molecule has 13 nitrogen and oxygen atoms in total. The molecule has 0 saturated carbocycles. The molecule has 14 heteroatoms. The lowest BCUT2D eigenvalue weighted by molar-refractivity contribution is -0.689. The first-order valence-electron chi connectivity index (χ1n) is 12.5. The second-order valence-electron chi connectivity index (χ2n) is 8.88. The average Bonchev–Trinajstić information content (AvgIpc) is 2.94. The number of hydrogen-bond acceptors (Lipinski definition) is 11. The number of hydrogen-bond donors (Lipinski definition) is 2. The summed E-state index contributed by atoms with van der Waals surface area (Å²) in [6.07, 6.45) is 5.12. The number of β-lactam (4-membered cyclic amide) rings is 1. The lowest BCUT2D eigenvalue weighted by Gasteiger charge is -2.50. The number of aromatic nitrogens is 2. The van der Waals surface area contributed by atoms with E-state index in [1.165, 1.54) is 23.9 Å². The third-order valence-electron chi connectivity index (χ3n) is 6.01. The first-order valence-corrected chi connectivity index (χ1v) is 13.6. The number of carboxylic acid groups (broad SMARTS) is 1. The maximum absolute atomic E-state index is 13.2. The van der Waals surface area contributed by atoms with Crippen LogP contribution >= 0.6 is 11.8 Å². The van der Waals surface area contributed by atoms with E-state index in [-0.39, 0.29) is 36.1 Å². The number of carbonyl (C=O) groups is 4. The zero-order valence-electron chi connectivity index (χ0n) is 21.6. The minimum Gasteiger partial charge on any atom is -0.543 e. The van der Waals surface area contributed by atoms with E-state index >= 15 is 0 Å². The number of nitrogens with two attached hydrogens (primary N) is 1. The van der Waals surface area contributed by atoms with Crippen LogP contribution in [0.1, 0.15) is 25.5 Å². The number of nitrogen functional groups attached to an aromatic ring is 1. The van der Waals surface area contributed by atoms with Crippen molar-refractivity contribution >= 4 is 47.0 Å². The first kappa shape index (κ1) is 28.5. The van der Waals surface area contributed by atoms with Crippen LogP contribution in [0.2, 0.25) is 0 Å². The van der Waals surface area contributed by atoms with Crippen molar-refractivity contribution < 1.29 is 38.4 Å². The number of oxime groups is 1. The maximum Gasteiger partial charge on any atom is 0.347 e. The zero-order valence-corrected chi connectivity index (χ0v) is 22.5. The predicted octanol–water partition coefficient (Wildman–Crippen LogP) is -0.881. The number of esters is 1. The fourth-order valence-electron chi connectivity index (χ4n) is 4.07. The largest absolute Gasteiger partial charge is 0.543 e. The number of nitrogens with zero attached hydrogens (tertiary/aromatic N) is 4. The summed E-state index contributed by atoms with van der Waals surface area (Å²) in [6.45, 7) is 1.91. The van der Waals surface area contributed by atoms with Gasteiger partial charge in [0.1, 0.15) is 22.9 Å². The average molecular weight is 569 g/mol. The molecular weight excluding hydrogens is 540 g/mol. The fraction of sp³-hybridized carbons (Fsp3) is 0.346. The number of carbonyl (C=O) groups excluding carboxylic acids is 4. The summed E-state index contributed by atoms with van der Waals surface area (Å²) in [5.74, 6) is -3.14. The number of unbranched alkanes of at least 4 members (excludes halogenated alkanes) is 1. The van der Waals surface area contributed by atoms with Gasteiger partial charge in [-0.25, -0.2) is 14.3 Å². The van der Waals surface area contributed by atoms with Gasteiger partial charge in [-0.15, -0.1) is 11.8 Å². The van der Waals surface area contributed by atoms with Crippen molar-refractivity contribution in [2.45, 2.75) is 37.7 Å². The van der Waals surface area contributed by atoms with Gasteiger partial charge in [-0.05, 0) is 18.6 Å². The van der Waals surface area contributed by atoms with Crippen molar-refractivity contribution in [1.29, 1.82) is 0 Å². The van der Waals surface area contributed by atoms with Crippen LogP contribution < -0.4 is 20.7 Å². The van der Waals surface area contributed by atoms with Crippen LogP contribution in [0.5, 0.6) is 0 Å². The monoisotopic (exact) mass is 568 g/mol. The quantitative estimate of drug-likeness (QED) is 0.0815. The Labute approximate surface area is 234 Å². The highest BCUT2D eigenvalue weighted by atomic mass is 32.2. The smallest absolute Gasteiger partial charge is 0.347 e. The van der Waals surface area contributed by atoms with Gasteiger partial charge in [-0.1, -0.05) is 30.6 Å². The topological polar surface area (TPSA) is 180 Å². The summed E-state index contributed by atoms with van der Waals surface area (Å²) in [4.78, 5) is 60.5. The van der Waals surface area contributed by atoms with Crippen LogP contribution in [-0.2, 0) is 35.3 Å². The standard InChI is InChI=1S/C26H28N6O7S/c1-2-3-12-38-19(33)14-39-30-20(17-8-7-9-18(27)28-17)23(34)29-21-24(35)32-22(26(36)37)16(15-40-25(21)32)13-31-10-5-4-6-11-31/h4-11,21,25H,2-3,12-15H2,1H3,(H3-,27,28,29,34,36,37)/t21?,25-/m0/s1. The van der Waals surface area contributed by atoms with Crippen LogP contribution in [0.4, 0.5) is 5.82 Å². The van der Waals surface area contributed by atoms with Crippen molar-refractivity contribution in [1.82, 2.24) is 15.2 Å². The van der Waals surface area contributed by atoms with Crippen LogP contribution in [0.15, 0.2) is 65.2 Å². The number of carboxylic acids is 1. The van der Waals surface area contributed by atoms with Gasteiger partial charge in [0.25, 0.3) is 11.8 Å². The molecule has 1 fully saturated rings. The second kappa shape index (κ2) is 13.1. The molecule has 4 heterocycles. The van der Waals surface area contributed by atoms with Gasteiger partial charge in [0.05, 0.1) is 18.3 Å². The number of amides is 2. The Bertz CT molecular complexity index is 1350. The van der Waals surface area contributed by atoms with Crippen LogP contribution in [0, 0.1) is 0 Å². The number of thioether (sulfide) groups is 1. The number of pyridine rings is 2. The molecule has 2 amide bonds. The summed E-state index contributed by atoms with van der Waals surface area (Å²) in [5, 5.41) is 17.7. The SMILES string of the molecule is CCCCOC(=O)CON=C(C(=O)NC1C(=O)N2C(C(=O)[O-])=C(C[n+]3ccccc3)CS[C@@H]12)c1cccc(N)n1. The molecule has 210 valence electrons. The summed E-state index contributed by atoms with van der Waals surface area (Å²) in [6, 6.07) is 8.95. The molecule has 2 aromatic heterocycles. The van der Waals surface area contributed by atoms with Crippen LogP contribution in [0.25, 0.3) is 0 Å². The molecule has 0 bridgehead atoms. The van der Waals surface area contributed by atoms with Crippen molar-refractivity contribution in [3.8, 4) is 0 Å². The molecule has 0 aromatic carbocycles. The van der Waals surface area contributed by atoms with Crippen molar-refractivity contribution in [3.63, 3.8) is 0 Å². The molecule has 40 heavy (non-hydrogen) atoms. The Morgan fingerprint density at radius 3 is 2.73 bits per heavy atom. The summed E-state index contributed by atoms with van der Waals surface area (Å²) >= 11 is 1.32. The van der Waals surface area contributed by atoms with Crippen molar-refractivity contribution in [2.24, 2.45) is 5.16 Å². The Kier molecular flexibility index (Phi) is 9.32. The summed E-state index contributed by atoms with van der Waals surface area (Å²) < 4.78 is 6.80. The number of aliphatic carboxylic acids is 1. The van der Waals surface area contributed by atoms with Crippen molar-refractivity contribution in [2.75, 3.05) is 24.7 Å². The number of rotatable bonds is 12. The highest BCUT2D eigenvalue weighted by Gasteiger charge is 2.53. The van der Waals surface area contributed by atoms with Gasteiger partial charge in [0.15, 0.2) is 24.7 Å². The lowest BCUT2D eigenvalue weighted by Crippen LogP contribution is -2.71. The lowest BCUT2D eigenvalue weighted by atomic mass is 10.0. The zero-order chi connectivity index (χ0) is 28.6. The molecule has 4 rings (SSSR count). The third-order valence-corrected chi connectivity index (χ3v) is 7.35. The molecular formula is C26H28N6O7S.